The van der Waals surface area contributed by atoms with E-state index in [1.54, 1.807) is 6.07 Å². The lowest BCUT2D eigenvalue weighted by atomic mass is 9.87. The van der Waals surface area contributed by atoms with Crippen LogP contribution in [0.5, 0.6) is 0 Å². The van der Waals surface area contributed by atoms with Crippen molar-refractivity contribution >= 4 is 16.9 Å². The van der Waals surface area contributed by atoms with Gasteiger partial charge in [0.2, 0.25) is 0 Å². The first kappa shape index (κ1) is 14.7. The normalized spacial score (nSPS) is 27.9. The van der Waals surface area contributed by atoms with Gasteiger partial charge in [0.05, 0.1) is 12.6 Å². The zero-order valence-electron chi connectivity index (χ0n) is 13.2. The van der Waals surface area contributed by atoms with Crippen LogP contribution in [0.4, 0.5) is 0 Å². The molecular formula is C18H21NO4. The summed E-state index contributed by atoms with van der Waals surface area (Å²) in [5.41, 5.74) is 0.885. The number of amides is 1. The Hall–Kier alpha value is -1.85. The summed E-state index contributed by atoms with van der Waals surface area (Å²) in [6.45, 7) is 3.59. The van der Waals surface area contributed by atoms with E-state index >= 15 is 0 Å². The molecule has 4 rings (SSSR count). The number of furan rings is 1. The zero-order chi connectivity index (χ0) is 16.0. The minimum absolute atomic E-state index is 0.00692. The second-order valence-electron chi connectivity index (χ2n) is 6.66. The molecule has 1 aromatic carbocycles. The highest BCUT2D eigenvalue weighted by molar-refractivity contribution is 5.98. The largest absolute Gasteiger partial charge is 0.461 e. The van der Waals surface area contributed by atoms with Gasteiger partial charge in [-0.15, -0.1) is 0 Å². The number of likely N-dealkylation sites (tertiary alicyclic amines) is 1. The van der Waals surface area contributed by atoms with Crippen molar-refractivity contribution in [2.24, 2.45) is 0 Å². The lowest BCUT2D eigenvalue weighted by Gasteiger charge is -2.43. The minimum atomic E-state index is -0.565. The van der Waals surface area contributed by atoms with Crippen molar-refractivity contribution in [2.45, 2.75) is 37.9 Å². The van der Waals surface area contributed by atoms with Crippen LogP contribution in [0.15, 0.2) is 28.7 Å². The average molecular weight is 315 g/mol. The summed E-state index contributed by atoms with van der Waals surface area (Å²) in [5, 5.41) is 11.2. The number of piperidine rings is 1. The molecule has 0 saturated carbocycles. The number of aliphatic hydroxyl groups excluding tert-OH is 1. The van der Waals surface area contributed by atoms with Crippen molar-refractivity contribution < 1.29 is 19.1 Å². The third-order valence-corrected chi connectivity index (χ3v) is 5.05. The van der Waals surface area contributed by atoms with Crippen LogP contribution in [0.1, 0.15) is 35.4 Å². The Balaban J connectivity index is 1.59. The Labute approximate surface area is 134 Å². The van der Waals surface area contributed by atoms with Crippen LogP contribution in [0.25, 0.3) is 11.0 Å². The molecule has 2 saturated heterocycles. The van der Waals surface area contributed by atoms with Crippen LogP contribution in [0.3, 0.4) is 0 Å². The Morgan fingerprint density at radius 1 is 1.39 bits per heavy atom. The molecule has 2 aliphatic heterocycles. The highest BCUT2D eigenvalue weighted by atomic mass is 16.5. The van der Waals surface area contributed by atoms with Gasteiger partial charge in [0.15, 0.2) is 0 Å². The van der Waals surface area contributed by atoms with Crippen LogP contribution < -0.4 is 0 Å². The van der Waals surface area contributed by atoms with Gasteiger partial charge in [0.25, 0.3) is 5.91 Å². The van der Waals surface area contributed by atoms with Crippen molar-refractivity contribution in [1.29, 1.82) is 0 Å². The second-order valence-corrected chi connectivity index (χ2v) is 6.66. The molecule has 0 unspecified atom stereocenters. The van der Waals surface area contributed by atoms with Gasteiger partial charge >= 0.3 is 0 Å². The van der Waals surface area contributed by atoms with E-state index in [-0.39, 0.29) is 5.91 Å². The molecule has 5 heteroatoms. The Bertz CT molecular complexity index is 745. The molecule has 23 heavy (non-hydrogen) atoms. The maximum atomic E-state index is 12.9. The van der Waals surface area contributed by atoms with Crippen molar-refractivity contribution in [3.8, 4) is 0 Å². The number of fused-ring (bicyclic) bond motifs is 1. The lowest BCUT2D eigenvalue weighted by molar-refractivity contribution is -0.124. The maximum Gasteiger partial charge on any atom is 0.253 e. The van der Waals surface area contributed by atoms with Gasteiger partial charge in [-0.2, -0.15) is 0 Å². The van der Waals surface area contributed by atoms with E-state index < -0.39 is 11.7 Å². The summed E-state index contributed by atoms with van der Waals surface area (Å²) in [7, 11) is 0. The molecule has 3 heterocycles. The predicted octanol–water partition coefficient (Wildman–Crippen LogP) is 2.50. The summed E-state index contributed by atoms with van der Waals surface area (Å²) in [4.78, 5) is 14.7. The van der Waals surface area contributed by atoms with Crippen LogP contribution in [-0.4, -0.2) is 47.3 Å². The molecule has 5 nitrogen and oxygen atoms in total. The van der Waals surface area contributed by atoms with Crippen molar-refractivity contribution in [2.75, 3.05) is 19.7 Å². The predicted molar refractivity (Wildman–Crippen MR) is 85.4 cm³/mol. The first-order valence-corrected chi connectivity index (χ1v) is 8.19. The van der Waals surface area contributed by atoms with E-state index in [1.807, 2.05) is 30.0 Å². The highest BCUT2D eigenvalue weighted by Gasteiger charge is 2.47. The van der Waals surface area contributed by atoms with Crippen molar-refractivity contribution in [3.63, 3.8) is 0 Å². The fourth-order valence-electron chi connectivity index (χ4n) is 3.82. The summed E-state index contributed by atoms with van der Waals surface area (Å²) in [6, 6.07) is 7.46. The minimum Gasteiger partial charge on any atom is -0.461 e. The first-order chi connectivity index (χ1) is 11.1. The van der Waals surface area contributed by atoms with E-state index in [0.29, 0.717) is 31.7 Å². The highest BCUT2D eigenvalue weighted by Crippen LogP contribution is 2.35. The molecule has 2 aliphatic rings. The third-order valence-electron chi connectivity index (χ3n) is 5.05. The van der Waals surface area contributed by atoms with E-state index in [2.05, 4.69) is 0 Å². The zero-order valence-corrected chi connectivity index (χ0v) is 13.2. The first-order valence-electron chi connectivity index (χ1n) is 8.19. The molecule has 1 spiro atoms. The topological polar surface area (TPSA) is 62.9 Å². The van der Waals surface area contributed by atoms with Gasteiger partial charge in [-0.3, -0.25) is 4.79 Å². The second kappa shape index (κ2) is 5.35. The number of aliphatic hydroxyl groups is 1. The summed E-state index contributed by atoms with van der Waals surface area (Å²) in [6.07, 6.45) is 1.85. The van der Waals surface area contributed by atoms with Crippen LogP contribution in [0.2, 0.25) is 0 Å². The smallest absolute Gasteiger partial charge is 0.253 e. The standard InChI is InChI=1S/C18H21NO4/c1-12-9-14-10-13(3-4-15(14)23-12)17(21)19-7-5-16(20)18(11-19)6-2-8-22-18/h3-4,9-10,16,20H,2,5-8,11H2,1H3/t16-,18-/m0/s1. The molecule has 1 aromatic heterocycles. The van der Waals surface area contributed by atoms with E-state index in [1.165, 1.54) is 0 Å². The maximum absolute atomic E-state index is 12.9. The fraction of sp³-hybridized carbons (Fsp3) is 0.500. The Morgan fingerprint density at radius 3 is 3.04 bits per heavy atom. The number of carbonyl (C=O) groups excluding carboxylic acids is 1. The quantitative estimate of drug-likeness (QED) is 0.878. The molecule has 122 valence electrons. The number of ether oxygens (including phenoxy) is 1. The van der Waals surface area contributed by atoms with E-state index in [0.717, 1.165) is 29.6 Å². The molecule has 1 N–H and O–H groups in total. The molecule has 1 amide bonds. The van der Waals surface area contributed by atoms with E-state index in [9.17, 15) is 9.90 Å². The van der Waals surface area contributed by atoms with Crippen LogP contribution in [-0.2, 0) is 4.74 Å². The van der Waals surface area contributed by atoms with Gasteiger partial charge in [0.1, 0.15) is 16.9 Å². The lowest BCUT2D eigenvalue weighted by Crippen LogP contribution is -2.57. The molecule has 2 fully saturated rings. The number of hydrogen-bond donors (Lipinski definition) is 1. The Kier molecular flexibility index (Phi) is 3.43. The van der Waals surface area contributed by atoms with Crippen molar-refractivity contribution in [1.82, 2.24) is 4.90 Å². The number of carbonyl (C=O) groups is 1. The van der Waals surface area contributed by atoms with Crippen LogP contribution in [0, 0.1) is 6.92 Å². The average Bonchev–Trinajstić information content (AvgIpc) is 3.15. The third kappa shape index (κ3) is 2.44. The van der Waals surface area contributed by atoms with Gasteiger partial charge in [-0.1, -0.05) is 0 Å². The van der Waals surface area contributed by atoms with Gasteiger partial charge in [-0.25, -0.2) is 0 Å². The van der Waals surface area contributed by atoms with Crippen LogP contribution >= 0.6 is 0 Å². The van der Waals surface area contributed by atoms with Gasteiger partial charge < -0.3 is 19.2 Å². The fourth-order valence-corrected chi connectivity index (χ4v) is 3.82. The number of benzene rings is 1. The molecule has 0 aliphatic carbocycles. The SMILES string of the molecule is Cc1cc2cc(C(=O)N3CC[C@H](O)[C@]4(CCCO4)C3)ccc2o1. The molecule has 2 atom stereocenters. The number of hydrogen-bond acceptors (Lipinski definition) is 4. The van der Waals surface area contributed by atoms with Crippen molar-refractivity contribution in [3.05, 3.63) is 35.6 Å². The summed E-state index contributed by atoms with van der Waals surface area (Å²) >= 11 is 0. The molecular weight excluding hydrogens is 294 g/mol. The summed E-state index contributed by atoms with van der Waals surface area (Å²) in [5.74, 6) is 0.830. The monoisotopic (exact) mass is 315 g/mol. The molecule has 0 radical (unpaired) electrons. The molecule has 2 aromatic rings. The number of aryl methyl sites for hydroxylation is 1. The molecule has 0 bridgehead atoms. The number of nitrogens with zero attached hydrogens (tertiary/aromatic N) is 1. The number of rotatable bonds is 1. The van der Waals surface area contributed by atoms with E-state index in [4.69, 9.17) is 9.15 Å². The summed E-state index contributed by atoms with van der Waals surface area (Å²) < 4.78 is 11.4. The van der Waals surface area contributed by atoms with Gasteiger partial charge in [-0.05, 0) is 50.5 Å². The van der Waals surface area contributed by atoms with Gasteiger partial charge in [0, 0.05) is 24.1 Å². The Morgan fingerprint density at radius 2 is 2.26 bits per heavy atom.